The summed E-state index contributed by atoms with van der Waals surface area (Å²) in [7, 11) is 0. The number of carbonyl (C=O) groups excluding carboxylic acids is 1. The van der Waals surface area contributed by atoms with Gasteiger partial charge in [-0.2, -0.15) is 5.10 Å². The Morgan fingerprint density at radius 3 is 2.74 bits per heavy atom. The summed E-state index contributed by atoms with van der Waals surface area (Å²) in [5.41, 5.74) is 7.41. The zero-order valence-electron chi connectivity index (χ0n) is 11.0. The number of aromatic nitrogens is 2. The first-order chi connectivity index (χ1) is 9.13. The molecule has 0 bridgehead atoms. The number of nitrogens with zero attached hydrogens (tertiary/aromatic N) is 2. The topological polar surface area (TPSA) is 70.1 Å². The van der Waals surface area contributed by atoms with E-state index in [-0.39, 0.29) is 11.7 Å². The van der Waals surface area contributed by atoms with Crippen LogP contribution in [0.3, 0.4) is 0 Å². The summed E-state index contributed by atoms with van der Waals surface area (Å²) >= 11 is 0. The number of esters is 1. The lowest BCUT2D eigenvalue weighted by atomic mass is 10.1. The molecule has 1 aromatic heterocycles. The van der Waals surface area contributed by atoms with Crippen LogP contribution >= 0.6 is 0 Å². The third-order valence-electron chi connectivity index (χ3n) is 2.91. The van der Waals surface area contributed by atoms with Gasteiger partial charge in [0.05, 0.1) is 18.3 Å². The van der Waals surface area contributed by atoms with Gasteiger partial charge in [0.1, 0.15) is 0 Å². The molecule has 0 aliphatic carbocycles. The highest BCUT2D eigenvalue weighted by Crippen LogP contribution is 2.20. The third-order valence-corrected chi connectivity index (χ3v) is 2.91. The molecule has 0 spiro atoms. The minimum atomic E-state index is -0.487. The molecule has 1 atom stereocenters. The minimum absolute atomic E-state index is 0.00618. The summed E-state index contributed by atoms with van der Waals surface area (Å²) in [4.78, 5) is 11.7. The van der Waals surface area contributed by atoms with Crippen molar-refractivity contribution in [1.82, 2.24) is 9.78 Å². The summed E-state index contributed by atoms with van der Waals surface area (Å²) in [5.74, 6) is -0.487. The van der Waals surface area contributed by atoms with Crippen LogP contribution in [0.4, 0.5) is 5.69 Å². The SMILES string of the molecule is CCOC(=O)c1nn(C(C)c2ccccc2)cc1N. The van der Waals surface area contributed by atoms with E-state index in [9.17, 15) is 4.79 Å². The lowest BCUT2D eigenvalue weighted by molar-refractivity contribution is 0.0519. The van der Waals surface area contributed by atoms with Crippen molar-refractivity contribution in [3.63, 3.8) is 0 Å². The van der Waals surface area contributed by atoms with Crippen LogP contribution < -0.4 is 5.73 Å². The number of nitrogens with two attached hydrogens (primary N) is 1. The van der Waals surface area contributed by atoms with Gasteiger partial charge in [-0.05, 0) is 19.4 Å². The lowest BCUT2D eigenvalue weighted by Gasteiger charge is -2.11. The molecule has 0 saturated carbocycles. The van der Waals surface area contributed by atoms with Crippen molar-refractivity contribution in [2.24, 2.45) is 0 Å². The number of hydrogen-bond donors (Lipinski definition) is 1. The largest absolute Gasteiger partial charge is 0.461 e. The van der Waals surface area contributed by atoms with Gasteiger partial charge in [0.15, 0.2) is 5.69 Å². The van der Waals surface area contributed by atoms with Gasteiger partial charge in [0.25, 0.3) is 0 Å². The van der Waals surface area contributed by atoms with Gasteiger partial charge in [-0.3, -0.25) is 4.68 Å². The summed E-state index contributed by atoms with van der Waals surface area (Å²) in [5, 5.41) is 4.22. The van der Waals surface area contributed by atoms with Crippen molar-refractivity contribution in [3.8, 4) is 0 Å². The molecule has 5 heteroatoms. The van der Waals surface area contributed by atoms with E-state index < -0.39 is 5.97 Å². The van der Waals surface area contributed by atoms with E-state index in [0.717, 1.165) is 5.56 Å². The standard InChI is InChI=1S/C14H17N3O2/c1-3-19-14(18)13-12(15)9-17(16-13)10(2)11-7-5-4-6-8-11/h4-10H,3,15H2,1-2H3. The molecule has 0 saturated heterocycles. The predicted octanol–water partition coefficient (Wildman–Crippen LogP) is 2.25. The molecule has 100 valence electrons. The Bertz CT molecular complexity index is 563. The fraction of sp³-hybridized carbons (Fsp3) is 0.286. The lowest BCUT2D eigenvalue weighted by Crippen LogP contribution is -2.11. The number of hydrogen-bond acceptors (Lipinski definition) is 4. The highest BCUT2D eigenvalue weighted by atomic mass is 16.5. The van der Waals surface area contributed by atoms with E-state index in [1.165, 1.54) is 0 Å². The van der Waals surface area contributed by atoms with Crippen LogP contribution in [-0.2, 0) is 4.74 Å². The molecule has 2 aromatic rings. The molecule has 0 amide bonds. The zero-order valence-corrected chi connectivity index (χ0v) is 11.0. The van der Waals surface area contributed by atoms with Crippen LogP contribution in [-0.4, -0.2) is 22.4 Å². The third kappa shape index (κ3) is 2.76. The molecular weight excluding hydrogens is 242 g/mol. The molecule has 2 rings (SSSR count). The highest BCUT2D eigenvalue weighted by molar-refractivity contribution is 5.92. The molecule has 1 aromatic carbocycles. The Kier molecular flexibility index (Phi) is 3.85. The first-order valence-electron chi connectivity index (χ1n) is 6.20. The predicted molar refractivity (Wildman–Crippen MR) is 72.9 cm³/mol. The number of ether oxygens (including phenoxy) is 1. The maximum atomic E-state index is 11.7. The molecule has 0 fully saturated rings. The molecule has 0 aliphatic heterocycles. The molecule has 0 radical (unpaired) electrons. The van der Waals surface area contributed by atoms with E-state index in [1.54, 1.807) is 17.8 Å². The average Bonchev–Trinajstić information content (AvgIpc) is 2.81. The van der Waals surface area contributed by atoms with Crippen molar-refractivity contribution >= 4 is 11.7 Å². The second kappa shape index (κ2) is 5.56. The quantitative estimate of drug-likeness (QED) is 0.855. The monoisotopic (exact) mass is 259 g/mol. The second-order valence-electron chi connectivity index (χ2n) is 4.22. The minimum Gasteiger partial charge on any atom is -0.461 e. The summed E-state index contributed by atoms with van der Waals surface area (Å²) in [6.07, 6.45) is 1.66. The van der Waals surface area contributed by atoms with Crippen molar-refractivity contribution in [3.05, 3.63) is 47.8 Å². The van der Waals surface area contributed by atoms with Crippen LogP contribution in [0.1, 0.15) is 35.9 Å². The van der Waals surface area contributed by atoms with Crippen molar-refractivity contribution < 1.29 is 9.53 Å². The van der Waals surface area contributed by atoms with Gasteiger partial charge in [-0.1, -0.05) is 30.3 Å². The van der Waals surface area contributed by atoms with E-state index >= 15 is 0 Å². The molecule has 5 nitrogen and oxygen atoms in total. The molecule has 19 heavy (non-hydrogen) atoms. The maximum Gasteiger partial charge on any atom is 0.361 e. The number of nitrogen functional groups attached to an aromatic ring is 1. The Labute approximate surface area is 112 Å². The molecular formula is C14H17N3O2. The number of rotatable bonds is 4. The van der Waals surface area contributed by atoms with Gasteiger partial charge < -0.3 is 10.5 Å². The first-order valence-corrected chi connectivity index (χ1v) is 6.20. The van der Waals surface area contributed by atoms with E-state index in [4.69, 9.17) is 10.5 Å². The summed E-state index contributed by atoms with van der Waals surface area (Å²) in [6.45, 7) is 4.05. The Balaban J connectivity index is 2.27. The molecule has 0 aliphatic rings. The Hall–Kier alpha value is -2.30. The van der Waals surface area contributed by atoms with Crippen LogP contribution in [0.2, 0.25) is 0 Å². The molecule has 2 N–H and O–H groups in total. The van der Waals surface area contributed by atoms with Gasteiger partial charge >= 0.3 is 5.97 Å². The van der Waals surface area contributed by atoms with Gasteiger partial charge in [0, 0.05) is 6.20 Å². The van der Waals surface area contributed by atoms with Gasteiger partial charge in [-0.25, -0.2) is 4.79 Å². The smallest absolute Gasteiger partial charge is 0.361 e. The van der Waals surface area contributed by atoms with Crippen molar-refractivity contribution in [2.75, 3.05) is 12.3 Å². The Morgan fingerprint density at radius 1 is 1.42 bits per heavy atom. The Morgan fingerprint density at radius 2 is 2.11 bits per heavy atom. The van der Waals surface area contributed by atoms with Crippen molar-refractivity contribution in [2.45, 2.75) is 19.9 Å². The number of benzene rings is 1. The van der Waals surface area contributed by atoms with Crippen molar-refractivity contribution in [1.29, 1.82) is 0 Å². The van der Waals surface area contributed by atoms with Crippen LogP contribution in [0.15, 0.2) is 36.5 Å². The van der Waals surface area contributed by atoms with E-state index in [2.05, 4.69) is 5.10 Å². The summed E-state index contributed by atoms with van der Waals surface area (Å²) in [6, 6.07) is 9.90. The summed E-state index contributed by atoms with van der Waals surface area (Å²) < 4.78 is 6.59. The second-order valence-corrected chi connectivity index (χ2v) is 4.22. The van der Waals surface area contributed by atoms with Crippen LogP contribution in [0, 0.1) is 0 Å². The normalized spacial score (nSPS) is 12.1. The van der Waals surface area contributed by atoms with Gasteiger partial charge in [-0.15, -0.1) is 0 Å². The van der Waals surface area contributed by atoms with Gasteiger partial charge in [0.2, 0.25) is 0 Å². The molecule has 1 unspecified atom stereocenters. The fourth-order valence-corrected chi connectivity index (χ4v) is 1.85. The zero-order chi connectivity index (χ0) is 13.8. The van der Waals surface area contributed by atoms with Crippen LogP contribution in [0.5, 0.6) is 0 Å². The first kappa shape index (κ1) is 13.1. The highest BCUT2D eigenvalue weighted by Gasteiger charge is 2.18. The molecule has 1 heterocycles. The van der Waals surface area contributed by atoms with E-state index in [1.807, 2.05) is 37.3 Å². The number of carbonyl (C=O) groups is 1. The average molecular weight is 259 g/mol. The fourth-order valence-electron chi connectivity index (χ4n) is 1.85. The maximum absolute atomic E-state index is 11.7. The number of anilines is 1. The van der Waals surface area contributed by atoms with E-state index in [0.29, 0.717) is 12.3 Å². The van der Waals surface area contributed by atoms with Crippen LogP contribution in [0.25, 0.3) is 0 Å².